The van der Waals surface area contributed by atoms with Gasteiger partial charge in [-0.15, -0.1) is 0 Å². The molecule has 1 heterocycles. The van der Waals surface area contributed by atoms with Crippen molar-refractivity contribution in [3.05, 3.63) is 18.1 Å². The highest BCUT2D eigenvalue weighted by molar-refractivity contribution is 5.87. The Morgan fingerprint density at radius 3 is 2.53 bits per heavy atom. The van der Waals surface area contributed by atoms with E-state index in [0.717, 1.165) is 0 Å². The molecule has 6 nitrogen and oxygen atoms in total. The molecule has 0 aliphatic carbocycles. The van der Waals surface area contributed by atoms with Gasteiger partial charge in [-0.2, -0.15) is 0 Å². The van der Waals surface area contributed by atoms with Crippen LogP contribution in [-0.2, 0) is 4.74 Å². The van der Waals surface area contributed by atoms with Crippen LogP contribution in [0.4, 0.5) is 0 Å². The molecule has 0 saturated heterocycles. The van der Waals surface area contributed by atoms with Crippen LogP contribution in [0.15, 0.2) is 12.4 Å². The Bertz CT molecular complexity index is 387. The number of carboxylic acid groups (broad SMARTS) is 1. The third kappa shape index (κ3) is 4.78. The summed E-state index contributed by atoms with van der Waals surface area (Å²) in [7, 11) is 0. The highest BCUT2D eigenvalue weighted by atomic mass is 16.5. The molecule has 0 aliphatic rings. The molecule has 0 radical (unpaired) electrons. The lowest BCUT2D eigenvalue weighted by Gasteiger charge is -2.19. The first kappa shape index (κ1) is 13.4. The van der Waals surface area contributed by atoms with E-state index in [1.165, 1.54) is 12.4 Å². The smallest absolute Gasteiger partial charge is 0.360 e. The van der Waals surface area contributed by atoms with Gasteiger partial charge in [-0.25, -0.2) is 14.8 Å². The molecule has 0 unspecified atom stereocenters. The van der Waals surface area contributed by atoms with E-state index in [1.54, 1.807) is 0 Å². The van der Waals surface area contributed by atoms with Crippen LogP contribution >= 0.6 is 0 Å². The fraction of sp³-hybridized carbons (Fsp3) is 0.545. The standard InChI is InChI=1S/C11H16N2O4/c1-11(2,3)17-7-6-16-9-8(10(14)15)12-4-5-13-9/h4-5H,6-7H2,1-3H3,(H,14,15). The van der Waals surface area contributed by atoms with Crippen LogP contribution in [-0.4, -0.2) is 39.9 Å². The summed E-state index contributed by atoms with van der Waals surface area (Å²) in [6.45, 7) is 6.38. The highest BCUT2D eigenvalue weighted by Crippen LogP contribution is 2.11. The lowest BCUT2D eigenvalue weighted by Crippen LogP contribution is -2.23. The molecule has 94 valence electrons. The molecular weight excluding hydrogens is 224 g/mol. The Labute approximate surface area is 99.6 Å². The normalized spacial score (nSPS) is 11.2. The summed E-state index contributed by atoms with van der Waals surface area (Å²) in [5, 5.41) is 8.84. The summed E-state index contributed by atoms with van der Waals surface area (Å²) in [6.07, 6.45) is 2.69. The molecule has 0 aromatic carbocycles. The first-order valence-corrected chi connectivity index (χ1v) is 5.21. The number of aromatic carboxylic acids is 1. The molecular formula is C11H16N2O4. The van der Waals surface area contributed by atoms with Gasteiger partial charge in [0.25, 0.3) is 0 Å². The van der Waals surface area contributed by atoms with Crippen molar-refractivity contribution >= 4 is 5.97 Å². The zero-order valence-corrected chi connectivity index (χ0v) is 10.1. The molecule has 0 saturated carbocycles. The quantitative estimate of drug-likeness (QED) is 0.783. The van der Waals surface area contributed by atoms with Crippen molar-refractivity contribution in [1.29, 1.82) is 0 Å². The maximum absolute atomic E-state index is 10.8. The number of carbonyl (C=O) groups is 1. The Morgan fingerprint density at radius 1 is 1.29 bits per heavy atom. The fourth-order valence-corrected chi connectivity index (χ4v) is 1.06. The third-order valence-electron chi connectivity index (χ3n) is 1.72. The van der Waals surface area contributed by atoms with Gasteiger partial charge in [-0.05, 0) is 20.8 Å². The highest BCUT2D eigenvalue weighted by Gasteiger charge is 2.14. The van der Waals surface area contributed by atoms with E-state index in [0.29, 0.717) is 6.61 Å². The number of hydrogen-bond acceptors (Lipinski definition) is 5. The van der Waals surface area contributed by atoms with Crippen molar-refractivity contribution in [1.82, 2.24) is 9.97 Å². The van der Waals surface area contributed by atoms with Crippen molar-refractivity contribution in [3.8, 4) is 5.88 Å². The number of aromatic nitrogens is 2. The van der Waals surface area contributed by atoms with Crippen LogP contribution in [0.3, 0.4) is 0 Å². The van der Waals surface area contributed by atoms with Crippen molar-refractivity contribution < 1.29 is 19.4 Å². The van der Waals surface area contributed by atoms with E-state index in [-0.39, 0.29) is 23.8 Å². The molecule has 0 spiro atoms. The maximum Gasteiger partial charge on any atom is 0.360 e. The zero-order valence-electron chi connectivity index (χ0n) is 10.1. The molecule has 1 rings (SSSR count). The second kappa shape index (κ2) is 5.58. The molecule has 0 bridgehead atoms. The van der Waals surface area contributed by atoms with Gasteiger partial charge in [0.05, 0.1) is 12.2 Å². The van der Waals surface area contributed by atoms with Crippen LogP contribution in [0.1, 0.15) is 31.3 Å². The number of carboxylic acids is 1. The average molecular weight is 240 g/mol. The topological polar surface area (TPSA) is 81.5 Å². The van der Waals surface area contributed by atoms with Crippen LogP contribution in [0.2, 0.25) is 0 Å². The number of hydrogen-bond donors (Lipinski definition) is 1. The summed E-state index contributed by atoms with van der Waals surface area (Å²) in [6, 6.07) is 0. The third-order valence-corrected chi connectivity index (χ3v) is 1.72. The van der Waals surface area contributed by atoms with Crippen LogP contribution < -0.4 is 4.74 Å². The number of nitrogens with zero attached hydrogens (tertiary/aromatic N) is 2. The van der Waals surface area contributed by atoms with E-state index in [4.69, 9.17) is 14.6 Å². The monoisotopic (exact) mass is 240 g/mol. The van der Waals surface area contributed by atoms with Crippen molar-refractivity contribution in [2.24, 2.45) is 0 Å². The molecule has 1 N–H and O–H groups in total. The summed E-state index contributed by atoms with van der Waals surface area (Å²) < 4.78 is 10.6. The van der Waals surface area contributed by atoms with Crippen LogP contribution in [0.5, 0.6) is 5.88 Å². The van der Waals surface area contributed by atoms with Gasteiger partial charge in [0.1, 0.15) is 6.61 Å². The maximum atomic E-state index is 10.8. The summed E-state index contributed by atoms with van der Waals surface area (Å²) in [5.74, 6) is -1.15. The zero-order chi connectivity index (χ0) is 12.9. The molecule has 0 fully saturated rings. The minimum absolute atomic E-state index is 0.0116. The summed E-state index contributed by atoms with van der Waals surface area (Å²) in [4.78, 5) is 18.3. The molecule has 0 amide bonds. The predicted octanol–water partition coefficient (Wildman–Crippen LogP) is 1.37. The molecule has 0 aliphatic heterocycles. The molecule has 17 heavy (non-hydrogen) atoms. The van der Waals surface area contributed by atoms with Gasteiger partial charge in [-0.3, -0.25) is 0 Å². The Hall–Kier alpha value is -1.69. The predicted molar refractivity (Wildman–Crippen MR) is 60.2 cm³/mol. The number of rotatable bonds is 5. The summed E-state index contributed by atoms with van der Waals surface area (Å²) >= 11 is 0. The van der Waals surface area contributed by atoms with Crippen molar-refractivity contribution in [3.63, 3.8) is 0 Å². The second-order valence-electron chi connectivity index (χ2n) is 4.32. The first-order valence-electron chi connectivity index (χ1n) is 5.21. The lowest BCUT2D eigenvalue weighted by atomic mass is 10.2. The lowest BCUT2D eigenvalue weighted by molar-refractivity contribution is -0.0170. The Kier molecular flexibility index (Phi) is 4.39. The van der Waals surface area contributed by atoms with Gasteiger partial charge in [0, 0.05) is 12.4 Å². The van der Waals surface area contributed by atoms with E-state index in [2.05, 4.69) is 9.97 Å². The second-order valence-corrected chi connectivity index (χ2v) is 4.32. The fourth-order valence-electron chi connectivity index (χ4n) is 1.06. The van der Waals surface area contributed by atoms with Crippen LogP contribution in [0, 0.1) is 0 Å². The van der Waals surface area contributed by atoms with Crippen molar-refractivity contribution in [2.45, 2.75) is 26.4 Å². The molecule has 1 aromatic rings. The van der Waals surface area contributed by atoms with Crippen molar-refractivity contribution in [2.75, 3.05) is 13.2 Å². The minimum Gasteiger partial charge on any atom is -0.476 e. The molecule has 1 aromatic heterocycles. The van der Waals surface area contributed by atoms with Gasteiger partial charge < -0.3 is 14.6 Å². The van der Waals surface area contributed by atoms with E-state index in [1.807, 2.05) is 20.8 Å². The molecule has 0 atom stereocenters. The average Bonchev–Trinajstić information content (AvgIpc) is 2.23. The van der Waals surface area contributed by atoms with Crippen LogP contribution in [0.25, 0.3) is 0 Å². The molecule has 6 heteroatoms. The summed E-state index contributed by atoms with van der Waals surface area (Å²) in [5.41, 5.74) is -0.440. The van der Waals surface area contributed by atoms with E-state index in [9.17, 15) is 4.79 Å². The first-order chi connectivity index (χ1) is 7.90. The largest absolute Gasteiger partial charge is 0.476 e. The van der Waals surface area contributed by atoms with Gasteiger partial charge >= 0.3 is 5.97 Å². The van der Waals surface area contributed by atoms with Gasteiger partial charge in [0.2, 0.25) is 11.6 Å². The SMILES string of the molecule is CC(C)(C)OCCOc1nccnc1C(=O)O. The van der Waals surface area contributed by atoms with E-state index >= 15 is 0 Å². The van der Waals surface area contributed by atoms with E-state index < -0.39 is 5.97 Å². The Balaban J connectivity index is 2.49. The van der Waals surface area contributed by atoms with Gasteiger partial charge in [0.15, 0.2) is 0 Å². The van der Waals surface area contributed by atoms with Gasteiger partial charge in [-0.1, -0.05) is 0 Å². The number of ether oxygens (including phenoxy) is 2. The minimum atomic E-state index is -1.16. The Morgan fingerprint density at radius 2 is 1.94 bits per heavy atom.